The summed E-state index contributed by atoms with van der Waals surface area (Å²) in [5.74, 6) is 0.619. The first-order chi connectivity index (χ1) is 9.42. The average molecular weight is 283 g/mol. The summed E-state index contributed by atoms with van der Waals surface area (Å²) in [4.78, 5) is 15.0. The number of hydrogen-bond acceptors (Lipinski definition) is 3. The van der Waals surface area contributed by atoms with E-state index in [1.807, 2.05) is 18.7 Å². The van der Waals surface area contributed by atoms with Crippen molar-refractivity contribution in [3.8, 4) is 0 Å². The highest BCUT2D eigenvalue weighted by molar-refractivity contribution is 6.06. The van der Waals surface area contributed by atoms with Crippen molar-refractivity contribution in [3.63, 3.8) is 0 Å². The van der Waals surface area contributed by atoms with Gasteiger partial charge in [-0.1, -0.05) is 38.8 Å². The Bertz CT molecular complexity index is 362. The van der Waals surface area contributed by atoms with Crippen molar-refractivity contribution in [3.05, 3.63) is 0 Å². The van der Waals surface area contributed by atoms with Gasteiger partial charge in [0.05, 0.1) is 0 Å². The Hall–Kier alpha value is -1.26. The lowest BCUT2D eigenvalue weighted by Gasteiger charge is -2.36. The molecule has 0 aromatic rings. The van der Waals surface area contributed by atoms with E-state index in [0.29, 0.717) is 18.8 Å². The Morgan fingerprint density at radius 1 is 1.35 bits per heavy atom. The van der Waals surface area contributed by atoms with Crippen LogP contribution in [0.5, 0.6) is 0 Å². The summed E-state index contributed by atoms with van der Waals surface area (Å²) in [6.07, 6.45) is 3.95. The number of rotatable bonds is 6. The maximum atomic E-state index is 13.1. The number of likely N-dealkylation sites (tertiary alicyclic amines) is 1. The van der Waals surface area contributed by atoms with Crippen molar-refractivity contribution in [2.24, 2.45) is 22.2 Å². The molecule has 0 radical (unpaired) electrons. The van der Waals surface area contributed by atoms with Crippen LogP contribution < -0.4 is 5.73 Å². The number of carbonyl (C=O) groups is 1. The maximum absolute atomic E-state index is 13.1. The lowest BCUT2D eigenvalue weighted by molar-refractivity contribution is -0.140. The van der Waals surface area contributed by atoms with Crippen LogP contribution in [-0.2, 0) is 4.79 Å². The molecular formula is C15H29N3O2. The summed E-state index contributed by atoms with van der Waals surface area (Å²) in [6.45, 7) is 9.07. The molecule has 0 spiro atoms. The molecule has 2 atom stereocenters. The number of nitrogens with two attached hydrogens (primary N) is 1. The fourth-order valence-corrected chi connectivity index (χ4v) is 3.51. The molecule has 0 aromatic carbocycles. The summed E-state index contributed by atoms with van der Waals surface area (Å²) in [5.41, 5.74) is 5.09. The zero-order chi connectivity index (χ0) is 15.3. The summed E-state index contributed by atoms with van der Waals surface area (Å²) < 4.78 is 0. The highest BCUT2D eigenvalue weighted by Crippen LogP contribution is 2.36. The van der Waals surface area contributed by atoms with Crippen LogP contribution in [0.2, 0.25) is 0 Å². The minimum Gasteiger partial charge on any atom is -0.409 e. The van der Waals surface area contributed by atoms with Crippen LogP contribution in [0.4, 0.5) is 0 Å². The number of oxime groups is 1. The maximum Gasteiger partial charge on any atom is 0.236 e. The predicted molar refractivity (Wildman–Crippen MR) is 80.6 cm³/mol. The van der Waals surface area contributed by atoms with Crippen LogP contribution in [0.1, 0.15) is 59.8 Å². The van der Waals surface area contributed by atoms with Crippen LogP contribution in [0.25, 0.3) is 0 Å². The smallest absolute Gasteiger partial charge is 0.236 e. The molecular weight excluding hydrogens is 254 g/mol. The van der Waals surface area contributed by atoms with Gasteiger partial charge in [0.15, 0.2) is 5.84 Å². The van der Waals surface area contributed by atoms with E-state index in [1.54, 1.807) is 0 Å². The Morgan fingerprint density at radius 3 is 2.25 bits per heavy atom. The van der Waals surface area contributed by atoms with Crippen LogP contribution >= 0.6 is 0 Å². The van der Waals surface area contributed by atoms with Crippen molar-refractivity contribution in [2.75, 3.05) is 6.54 Å². The van der Waals surface area contributed by atoms with Gasteiger partial charge in [-0.15, -0.1) is 0 Å². The lowest BCUT2D eigenvalue weighted by atomic mass is 9.76. The first-order valence-electron chi connectivity index (χ1n) is 7.72. The molecule has 2 unspecified atom stereocenters. The molecule has 0 saturated carbocycles. The van der Waals surface area contributed by atoms with Gasteiger partial charge in [-0.25, -0.2) is 0 Å². The van der Waals surface area contributed by atoms with Gasteiger partial charge >= 0.3 is 0 Å². The second-order valence-corrected chi connectivity index (χ2v) is 6.21. The summed E-state index contributed by atoms with van der Waals surface area (Å²) in [6, 6.07) is 0.233. The topological polar surface area (TPSA) is 78.9 Å². The number of hydrogen-bond donors (Lipinski definition) is 2. The van der Waals surface area contributed by atoms with Crippen LogP contribution in [0.3, 0.4) is 0 Å². The third-order valence-electron chi connectivity index (χ3n) is 4.41. The standard InChI is InChI=1S/C15H29N3O2/c1-5-7-15(8-6-2,13(16)17-20)14(19)18-10-11(3)9-12(18)4/h11-12,20H,5-10H2,1-4H3,(H2,16,17). The van der Waals surface area contributed by atoms with Crippen LogP contribution in [0.15, 0.2) is 5.16 Å². The summed E-state index contributed by atoms with van der Waals surface area (Å²) >= 11 is 0. The Labute approximate surface area is 122 Å². The number of nitrogens with zero attached hydrogens (tertiary/aromatic N) is 2. The van der Waals surface area contributed by atoms with Gasteiger partial charge in [0.1, 0.15) is 5.41 Å². The molecule has 1 aliphatic rings. The number of carbonyl (C=O) groups excluding carboxylic acids is 1. The Balaban J connectivity index is 3.11. The van der Waals surface area contributed by atoms with Crippen molar-refractivity contribution < 1.29 is 10.0 Å². The predicted octanol–water partition coefficient (Wildman–Crippen LogP) is 2.58. The van der Waals surface area contributed by atoms with Crippen molar-refractivity contribution in [2.45, 2.75) is 65.8 Å². The molecule has 1 heterocycles. The monoisotopic (exact) mass is 283 g/mol. The summed E-state index contributed by atoms with van der Waals surface area (Å²) in [7, 11) is 0. The van der Waals surface area contributed by atoms with E-state index in [1.165, 1.54) is 0 Å². The molecule has 0 aromatic heterocycles. The van der Waals surface area contributed by atoms with E-state index in [-0.39, 0.29) is 17.8 Å². The highest BCUT2D eigenvalue weighted by atomic mass is 16.4. The van der Waals surface area contributed by atoms with Gasteiger partial charge in [-0.2, -0.15) is 0 Å². The van der Waals surface area contributed by atoms with E-state index in [4.69, 9.17) is 10.9 Å². The van der Waals surface area contributed by atoms with E-state index in [0.717, 1.165) is 25.8 Å². The highest BCUT2D eigenvalue weighted by Gasteiger charge is 2.46. The minimum absolute atomic E-state index is 0.0355. The van der Waals surface area contributed by atoms with E-state index < -0.39 is 5.41 Å². The van der Waals surface area contributed by atoms with Gasteiger partial charge in [-0.3, -0.25) is 4.79 Å². The SMILES string of the molecule is CCCC(CCC)(C(=O)N1CC(C)CC1C)C(N)=NO. The van der Waals surface area contributed by atoms with Crippen molar-refractivity contribution >= 4 is 11.7 Å². The zero-order valence-electron chi connectivity index (χ0n) is 13.2. The quantitative estimate of drug-likeness (QED) is 0.340. The first kappa shape index (κ1) is 16.8. The third-order valence-corrected chi connectivity index (χ3v) is 4.41. The molecule has 1 aliphatic heterocycles. The fourth-order valence-electron chi connectivity index (χ4n) is 3.51. The molecule has 20 heavy (non-hydrogen) atoms. The zero-order valence-corrected chi connectivity index (χ0v) is 13.2. The molecule has 5 heteroatoms. The third kappa shape index (κ3) is 3.07. The second-order valence-electron chi connectivity index (χ2n) is 6.21. The molecule has 1 saturated heterocycles. The van der Waals surface area contributed by atoms with Gasteiger partial charge in [0.25, 0.3) is 0 Å². The fraction of sp³-hybridized carbons (Fsp3) is 0.867. The molecule has 0 bridgehead atoms. The van der Waals surface area contributed by atoms with E-state index in [9.17, 15) is 4.79 Å². The normalized spacial score (nSPS) is 24.2. The van der Waals surface area contributed by atoms with Gasteiger partial charge in [-0.05, 0) is 32.1 Å². The van der Waals surface area contributed by atoms with Crippen LogP contribution in [0, 0.1) is 11.3 Å². The Morgan fingerprint density at radius 2 is 1.90 bits per heavy atom. The van der Waals surface area contributed by atoms with Crippen molar-refractivity contribution in [1.82, 2.24) is 4.90 Å². The van der Waals surface area contributed by atoms with Crippen LogP contribution in [-0.4, -0.2) is 34.4 Å². The summed E-state index contributed by atoms with van der Waals surface area (Å²) in [5, 5.41) is 12.3. The van der Waals surface area contributed by atoms with Crippen molar-refractivity contribution in [1.29, 1.82) is 0 Å². The molecule has 1 fully saturated rings. The van der Waals surface area contributed by atoms with Gasteiger partial charge in [0.2, 0.25) is 5.91 Å². The molecule has 3 N–H and O–H groups in total. The molecule has 5 nitrogen and oxygen atoms in total. The molecule has 1 amide bonds. The van der Waals surface area contributed by atoms with Gasteiger partial charge in [0, 0.05) is 12.6 Å². The average Bonchev–Trinajstić information content (AvgIpc) is 2.75. The lowest BCUT2D eigenvalue weighted by Crippen LogP contribution is -2.52. The van der Waals surface area contributed by atoms with E-state index >= 15 is 0 Å². The van der Waals surface area contributed by atoms with E-state index in [2.05, 4.69) is 19.0 Å². The second kappa shape index (κ2) is 6.95. The molecule has 116 valence electrons. The number of amides is 1. The molecule has 1 rings (SSSR count). The molecule has 0 aliphatic carbocycles. The first-order valence-corrected chi connectivity index (χ1v) is 7.72. The minimum atomic E-state index is -0.837. The Kier molecular flexibility index (Phi) is 5.84. The largest absolute Gasteiger partial charge is 0.409 e. The van der Waals surface area contributed by atoms with Gasteiger partial charge < -0.3 is 15.8 Å². The number of amidine groups is 1.